The Labute approximate surface area is 149 Å². The molecule has 0 fully saturated rings. The summed E-state index contributed by atoms with van der Waals surface area (Å²) < 4.78 is 39.8. The molecule has 0 bridgehead atoms. The molecule has 0 aliphatic rings. The van der Waals surface area contributed by atoms with Crippen molar-refractivity contribution in [1.29, 1.82) is 0 Å². The van der Waals surface area contributed by atoms with E-state index >= 15 is 0 Å². The Kier molecular flexibility index (Phi) is 5.86. The van der Waals surface area contributed by atoms with Crippen LogP contribution in [0, 0.1) is 17.5 Å². The molecule has 0 aliphatic heterocycles. The van der Waals surface area contributed by atoms with Crippen molar-refractivity contribution in [2.24, 2.45) is 0 Å². The molecule has 0 spiro atoms. The van der Waals surface area contributed by atoms with Crippen molar-refractivity contribution in [2.45, 2.75) is 6.92 Å². The molecule has 138 valence electrons. The summed E-state index contributed by atoms with van der Waals surface area (Å²) in [5.74, 6) is -5.68. The molecule has 0 aliphatic carbocycles. The van der Waals surface area contributed by atoms with Crippen LogP contribution >= 0.6 is 0 Å². The molecular weight excluding hydrogens is 347 g/mol. The van der Waals surface area contributed by atoms with Gasteiger partial charge in [0.05, 0.1) is 5.69 Å². The monoisotopic (exact) mass is 365 g/mol. The number of rotatable bonds is 5. The maximum atomic E-state index is 13.6. The molecule has 2 amide bonds. The van der Waals surface area contributed by atoms with Gasteiger partial charge in [-0.25, -0.2) is 13.2 Å². The Bertz CT molecular complexity index is 823. The van der Waals surface area contributed by atoms with Gasteiger partial charge in [0.1, 0.15) is 6.54 Å². The fourth-order valence-electron chi connectivity index (χ4n) is 2.27. The number of carbonyl (C=O) groups excluding carboxylic acids is 2. The number of hydrogen-bond donors (Lipinski definition) is 1. The van der Waals surface area contributed by atoms with Crippen LogP contribution in [0.1, 0.15) is 6.92 Å². The van der Waals surface area contributed by atoms with E-state index in [2.05, 4.69) is 5.32 Å². The van der Waals surface area contributed by atoms with Gasteiger partial charge in [-0.15, -0.1) is 0 Å². The molecule has 0 aromatic heterocycles. The van der Waals surface area contributed by atoms with E-state index in [0.29, 0.717) is 11.8 Å². The molecule has 0 radical (unpaired) electrons. The summed E-state index contributed by atoms with van der Waals surface area (Å²) in [7, 11) is 3.73. The van der Waals surface area contributed by atoms with Crippen LogP contribution < -0.4 is 15.1 Å². The minimum absolute atomic E-state index is 0.400. The highest BCUT2D eigenvalue weighted by atomic mass is 19.2. The smallest absolute Gasteiger partial charge is 0.244 e. The molecule has 2 aromatic rings. The summed E-state index contributed by atoms with van der Waals surface area (Å²) in [4.78, 5) is 27.1. The number of nitrogens with zero attached hydrogens (tertiary/aromatic N) is 2. The van der Waals surface area contributed by atoms with Gasteiger partial charge in [-0.2, -0.15) is 0 Å². The second-order valence-electron chi connectivity index (χ2n) is 5.79. The van der Waals surface area contributed by atoms with Gasteiger partial charge in [0.25, 0.3) is 0 Å². The number of carbonyl (C=O) groups is 2. The van der Waals surface area contributed by atoms with Crippen LogP contribution in [0.15, 0.2) is 36.4 Å². The second kappa shape index (κ2) is 7.90. The quantitative estimate of drug-likeness (QED) is 0.828. The molecule has 2 rings (SSSR count). The van der Waals surface area contributed by atoms with E-state index in [-0.39, 0.29) is 0 Å². The molecule has 26 heavy (non-hydrogen) atoms. The average Bonchev–Trinajstić information content (AvgIpc) is 2.60. The molecule has 1 N–H and O–H groups in total. The first-order valence-electron chi connectivity index (χ1n) is 7.69. The summed E-state index contributed by atoms with van der Waals surface area (Å²) in [5.41, 5.74) is 0.884. The van der Waals surface area contributed by atoms with E-state index in [9.17, 15) is 22.8 Å². The van der Waals surface area contributed by atoms with Gasteiger partial charge in [-0.05, 0) is 36.4 Å². The lowest BCUT2D eigenvalue weighted by atomic mass is 10.2. The summed E-state index contributed by atoms with van der Waals surface area (Å²) >= 11 is 0. The van der Waals surface area contributed by atoms with Crippen molar-refractivity contribution in [3.8, 4) is 0 Å². The fourth-order valence-corrected chi connectivity index (χ4v) is 2.27. The molecule has 0 saturated carbocycles. The Balaban J connectivity index is 2.16. The van der Waals surface area contributed by atoms with Gasteiger partial charge < -0.3 is 15.1 Å². The molecule has 8 heteroatoms. The van der Waals surface area contributed by atoms with Crippen LogP contribution in [-0.2, 0) is 9.59 Å². The number of anilines is 3. The van der Waals surface area contributed by atoms with Crippen LogP contribution in [0.25, 0.3) is 0 Å². The van der Waals surface area contributed by atoms with Gasteiger partial charge in [-0.1, -0.05) is 0 Å². The lowest BCUT2D eigenvalue weighted by Gasteiger charge is -2.22. The molecular formula is C18H18F3N3O2. The number of halogens is 3. The van der Waals surface area contributed by atoms with E-state index < -0.39 is 41.5 Å². The number of nitrogens with one attached hydrogen (secondary N) is 1. The average molecular weight is 365 g/mol. The Hall–Kier alpha value is -3.03. The Morgan fingerprint density at radius 1 is 0.923 bits per heavy atom. The van der Waals surface area contributed by atoms with Crippen molar-refractivity contribution in [2.75, 3.05) is 35.8 Å². The standard InChI is InChI=1S/C18H18F3N3O2/c1-11(25)24(13-6-4-12(5-7-13)23(2)3)10-16(26)22-15-9-8-14(19)17(20)18(15)21/h4-9H,10H2,1-3H3,(H,22,26). The van der Waals surface area contributed by atoms with Crippen molar-refractivity contribution >= 4 is 28.9 Å². The molecule has 0 atom stereocenters. The third kappa shape index (κ3) is 4.33. The summed E-state index contributed by atoms with van der Waals surface area (Å²) in [5, 5.41) is 2.14. The van der Waals surface area contributed by atoms with Gasteiger partial charge in [0, 0.05) is 32.4 Å². The van der Waals surface area contributed by atoms with Crippen LogP contribution in [0.4, 0.5) is 30.2 Å². The number of amides is 2. The first-order chi connectivity index (χ1) is 12.2. The summed E-state index contributed by atoms with van der Waals surface area (Å²) in [6.07, 6.45) is 0. The third-order valence-electron chi connectivity index (χ3n) is 3.67. The maximum absolute atomic E-state index is 13.6. The molecule has 5 nitrogen and oxygen atoms in total. The highest BCUT2D eigenvalue weighted by molar-refractivity contribution is 6.01. The zero-order valence-corrected chi connectivity index (χ0v) is 14.5. The lowest BCUT2D eigenvalue weighted by molar-refractivity contribution is -0.120. The largest absolute Gasteiger partial charge is 0.378 e. The Morgan fingerprint density at radius 3 is 2.04 bits per heavy atom. The van der Waals surface area contributed by atoms with Crippen molar-refractivity contribution < 1.29 is 22.8 Å². The molecule has 0 heterocycles. The minimum Gasteiger partial charge on any atom is -0.378 e. The van der Waals surface area contributed by atoms with Crippen molar-refractivity contribution in [1.82, 2.24) is 0 Å². The summed E-state index contributed by atoms with van der Waals surface area (Å²) in [6.45, 7) is 0.875. The number of benzene rings is 2. The zero-order chi connectivity index (χ0) is 19.4. The van der Waals surface area contributed by atoms with E-state index in [1.165, 1.54) is 11.8 Å². The highest BCUT2D eigenvalue weighted by Gasteiger charge is 2.19. The lowest BCUT2D eigenvalue weighted by Crippen LogP contribution is -2.36. The third-order valence-corrected chi connectivity index (χ3v) is 3.67. The van der Waals surface area contributed by atoms with Crippen LogP contribution in [0.3, 0.4) is 0 Å². The predicted molar refractivity (Wildman–Crippen MR) is 93.7 cm³/mol. The van der Waals surface area contributed by atoms with E-state index in [0.717, 1.165) is 11.8 Å². The van der Waals surface area contributed by atoms with Gasteiger partial charge >= 0.3 is 0 Å². The maximum Gasteiger partial charge on any atom is 0.244 e. The summed E-state index contributed by atoms with van der Waals surface area (Å²) in [6, 6.07) is 8.51. The van der Waals surface area contributed by atoms with Crippen LogP contribution in [-0.4, -0.2) is 32.5 Å². The van der Waals surface area contributed by atoms with E-state index in [1.54, 1.807) is 24.3 Å². The first kappa shape index (κ1) is 19.3. The topological polar surface area (TPSA) is 52.7 Å². The van der Waals surface area contributed by atoms with E-state index in [1.807, 2.05) is 19.0 Å². The molecule has 0 saturated heterocycles. The predicted octanol–water partition coefficient (Wildman–Crippen LogP) is 3.16. The molecule has 2 aromatic carbocycles. The molecule has 0 unspecified atom stereocenters. The first-order valence-corrected chi connectivity index (χ1v) is 7.69. The minimum atomic E-state index is -1.68. The fraction of sp³-hybridized carbons (Fsp3) is 0.222. The van der Waals surface area contributed by atoms with Crippen LogP contribution in [0.5, 0.6) is 0 Å². The van der Waals surface area contributed by atoms with Gasteiger partial charge in [0.2, 0.25) is 11.8 Å². The van der Waals surface area contributed by atoms with Gasteiger partial charge in [-0.3, -0.25) is 9.59 Å². The normalized spacial score (nSPS) is 10.4. The Morgan fingerprint density at radius 2 is 1.50 bits per heavy atom. The van der Waals surface area contributed by atoms with E-state index in [4.69, 9.17) is 0 Å². The van der Waals surface area contributed by atoms with Gasteiger partial charge in [0.15, 0.2) is 17.5 Å². The van der Waals surface area contributed by atoms with Crippen molar-refractivity contribution in [3.63, 3.8) is 0 Å². The highest BCUT2D eigenvalue weighted by Crippen LogP contribution is 2.21. The number of hydrogen-bond acceptors (Lipinski definition) is 3. The SMILES string of the molecule is CC(=O)N(CC(=O)Nc1ccc(F)c(F)c1F)c1ccc(N(C)C)cc1. The second-order valence-corrected chi connectivity index (χ2v) is 5.79. The van der Waals surface area contributed by atoms with Crippen molar-refractivity contribution in [3.05, 3.63) is 53.8 Å². The zero-order valence-electron chi connectivity index (χ0n) is 14.5. The van der Waals surface area contributed by atoms with Crippen LogP contribution in [0.2, 0.25) is 0 Å².